The van der Waals surface area contributed by atoms with E-state index in [1.54, 1.807) is 24.3 Å². The van der Waals surface area contributed by atoms with Crippen LogP contribution in [0.15, 0.2) is 40.9 Å². The Labute approximate surface area is 129 Å². The fourth-order valence-electron chi connectivity index (χ4n) is 1.77. The summed E-state index contributed by atoms with van der Waals surface area (Å²) in [5.74, 6) is -0.296. The number of rotatable bonds is 3. The van der Waals surface area contributed by atoms with Gasteiger partial charge in [0.05, 0.1) is 11.7 Å². The number of anilines is 1. The van der Waals surface area contributed by atoms with Crippen molar-refractivity contribution in [2.45, 2.75) is 13.0 Å². The van der Waals surface area contributed by atoms with Gasteiger partial charge >= 0.3 is 0 Å². The van der Waals surface area contributed by atoms with E-state index in [1.807, 2.05) is 6.92 Å². The van der Waals surface area contributed by atoms with Crippen LogP contribution < -0.4 is 5.32 Å². The quantitative estimate of drug-likeness (QED) is 0.698. The zero-order valence-electron chi connectivity index (χ0n) is 10.1. The Balaban J connectivity index is 2.27. The zero-order valence-corrected chi connectivity index (χ0v) is 13.2. The predicted molar refractivity (Wildman–Crippen MR) is 82.6 cm³/mol. The highest BCUT2D eigenvalue weighted by Gasteiger charge is 2.12. The van der Waals surface area contributed by atoms with Gasteiger partial charge in [-0.15, -0.1) is 0 Å². The molecule has 1 nitrogen and oxygen atoms in total. The smallest absolute Gasteiger partial charge is 0.125 e. The zero-order chi connectivity index (χ0) is 14.0. The molecule has 0 bridgehead atoms. The number of benzene rings is 2. The molecule has 0 aliphatic carbocycles. The molecule has 2 aromatic rings. The molecule has 2 rings (SSSR count). The summed E-state index contributed by atoms with van der Waals surface area (Å²) in [6, 6.07) is 9.67. The van der Waals surface area contributed by atoms with Gasteiger partial charge in [0.1, 0.15) is 5.82 Å². The average Bonchev–Trinajstić information content (AvgIpc) is 2.36. The molecule has 0 aliphatic heterocycles. The first-order valence-electron chi connectivity index (χ1n) is 5.64. The lowest BCUT2D eigenvalue weighted by atomic mass is 10.1. The van der Waals surface area contributed by atoms with Crippen LogP contribution in [0.1, 0.15) is 18.5 Å². The number of hydrogen-bond acceptors (Lipinski definition) is 1. The van der Waals surface area contributed by atoms with E-state index in [2.05, 4.69) is 21.2 Å². The van der Waals surface area contributed by atoms with Crippen molar-refractivity contribution < 1.29 is 4.39 Å². The average molecular weight is 363 g/mol. The minimum absolute atomic E-state index is 0.0932. The van der Waals surface area contributed by atoms with E-state index in [1.165, 1.54) is 12.1 Å². The summed E-state index contributed by atoms with van der Waals surface area (Å²) in [6.45, 7) is 1.94. The molecule has 0 saturated heterocycles. The van der Waals surface area contributed by atoms with Crippen molar-refractivity contribution in [2.24, 2.45) is 0 Å². The van der Waals surface area contributed by atoms with Crippen LogP contribution in [0.5, 0.6) is 0 Å². The molecule has 0 amide bonds. The van der Waals surface area contributed by atoms with Gasteiger partial charge in [-0.3, -0.25) is 0 Å². The second kappa shape index (κ2) is 6.12. The van der Waals surface area contributed by atoms with E-state index in [0.717, 1.165) is 10.0 Å². The first kappa shape index (κ1) is 14.6. The van der Waals surface area contributed by atoms with Crippen molar-refractivity contribution in [3.63, 3.8) is 0 Å². The maximum Gasteiger partial charge on any atom is 0.125 e. The minimum atomic E-state index is -0.296. The largest absolute Gasteiger partial charge is 0.377 e. The number of hydrogen-bond donors (Lipinski definition) is 1. The molecule has 0 spiro atoms. The van der Waals surface area contributed by atoms with Crippen molar-refractivity contribution in [1.29, 1.82) is 0 Å². The molecule has 1 N–H and O–H groups in total. The molecule has 0 heterocycles. The van der Waals surface area contributed by atoms with E-state index in [9.17, 15) is 4.39 Å². The molecule has 19 heavy (non-hydrogen) atoms. The normalized spacial score (nSPS) is 12.3. The van der Waals surface area contributed by atoms with Gasteiger partial charge in [-0.05, 0) is 64.8 Å². The Morgan fingerprint density at radius 3 is 2.63 bits per heavy atom. The molecular formula is C14H11BrCl2FN. The third-order valence-electron chi connectivity index (χ3n) is 2.72. The summed E-state index contributed by atoms with van der Waals surface area (Å²) in [7, 11) is 0. The summed E-state index contributed by atoms with van der Waals surface area (Å²) < 4.78 is 14.0. The molecule has 2 aromatic carbocycles. The molecule has 1 atom stereocenters. The SMILES string of the molecule is CC(Nc1cc(F)ccc1Br)c1cc(Cl)ccc1Cl. The summed E-state index contributed by atoms with van der Waals surface area (Å²) in [4.78, 5) is 0. The van der Waals surface area contributed by atoms with Crippen LogP contribution in [0.25, 0.3) is 0 Å². The van der Waals surface area contributed by atoms with E-state index >= 15 is 0 Å². The first-order valence-corrected chi connectivity index (χ1v) is 7.19. The third kappa shape index (κ3) is 3.62. The van der Waals surface area contributed by atoms with Gasteiger partial charge in [0.25, 0.3) is 0 Å². The van der Waals surface area contributed by atoms with Crippen molar-refractivity contribution in [3.05, 3.63) is 62.3 Å². The minimum Gasteiger partial charge on any atom is -0.377 e. The van der Waals surface area contributed by atoms with E-state index in [4.69, 9.17) is 23.2 Å². The van der Waals surface area contributed by atoms with Crippen LogP contribution in [-0.2, 0) is 0 Å². The summed E-state index contributed by atoms with van der Waals surface area (Å²) in [5.41, 5.74) is 1.54. The van der Waals surface area contributed by atoms with E-state index < -0.39 is 0 Å². The van der Waals surface area contributed by atoms with Gasteiger partial charge < -0.3 is 5.32 Å². The highest BCUT2D eigenvalue weighted by Crippen LogP contribution is 2.31. The molecule has 0 aromatic heterocycles. The van der Waals surface area contributed by atoms with Gasteiger partial charge in [0, 0.05) is 14.5 Å². The Bertz CT molecular complexity index is 604. The van der Waals surface area contributed by atoms with Gasteiger partial charge in [-0.25, -0.2) is 4.39 Å². The highest BCUT2D eigenvalue weighted by atomic mass is 79.9. The molecule has 0 fully saturated rings. The molecule has 0 saturated carbocycles. The van der Waals surface area contributed by atoms with Crippen LogP contribution in [0.3, 0.4) is 0 Å². The number of nitrogens with one attached hydrogen (secondary N) is 1. The standard InChI is InChI=1S/C14H11BrCl2FN/c1-8(11-6-9(16)2-5-13(11)17)19-14-7-10(18)3-4-12(14)15/h2-8,19H,1H3. The van der Waals surface area contributed by atoms with Crippen molar-refractivity contribution in [2.75, 3.05) is 5.32 Å². The Kier molecular flexibility index (Phi) is 4.71. The summed E-state index contributed by atoms with van der Waals surface area (Å²) in [5, 5.41) is 4.44. The monoisotopic (exact) mass is 361 g/mol. The molecule has 5 heteroatoms. The van der Waals surface area contributed by atoms with Crippen LogP contribution in [0.4, 0.5) is 10.1 Å². The Hall–Kier alpha value is -0.770. The lowest BCUT2D eigenvalue weighted by Gasteiger charge is -2.18. The molecular weight excluding hydrogens is 352 g/mol. The first-order chi connectivity index (χ1) is 8.97. The fraction of sp³-hybridized carbons (Fsp3) is 0.143. The van der Waals surface area contributed by atoms with Crippen LogP contribution in [-0.4, -0.2) is 0 Å². The second-order valence-corrected chi connectivity index (χ2v) is 5.85. The fourth-order valence-corrected chi connectivity index (χ4v) is 2.59. The summed E-state index contributed by atoms with van der Waals surface area (Å²) in [6.07, 6.45) is 0. The van der Waals surface area contributed by atoms with Crippen molar-refractivity contribution >= 4 is 44.8 Å². The van der Waals surface area contributed by atoms with E-state index in [-0.39, 0.29) is 11.9 Å². The Morgan fingerprint density at radius 1 is 1.16 bits per heavy atom. The second-order valence-electron chi connectivity index (χ2n) is 4.16. The Morgan fingerprint density at radius 2 is 1.89 bits per heavy atom. The molecule has 0 aliphatic rings. The lowest BCUT2D eigenvalue weighted by Crippen LogP contribution is -2.08. The molecule has 1 unspecified atom stereocenters. The van der Waals surface area contributed by atoms with Crippen molar-refractivity contribution in [3.8, 4) is 0 Å². The van der Waals surface area contributed by atoms with Crippen LogP contribution >= 0.6 is 39.1 Å². The van der Waals surface area contributed by atoms with Crippen molar-refractivity contribution in [1.82, 2.24) is 0 Å². The maximum atomic E-state index is 13.2. The van der Waals surface area contributed by atoms with Gasteiger partial charge in [-0.1, -0.05) is 23.2 Å². The van der Waals surface area contributed by atoms with Gasteiger partial charge in [-0.2, -0.15) is 0 Å². The van der Waals surface area contributed by atoms with E-state index in [0.29, 0.717) is 15.7 Å². The third-order valence-corrected chi connectivity index (χ3v) is 4.00. The van der Waals surface area contributed by atoms with Gasteiger partial charge in [0.15, 0.2) is 0 Å². The molecule has 100 valence electrons. The summed E-state index contributed by atoms with van der Waals surface area (Å²) >= 11 is 15.5. The highest BCUT2D eigenvalue weighted by molar-refractivity contribution is 9.10. The topological polar surface area (TPSA) is 12.0 Å². The van der Waals surface area contributed by atoms with Gasteiger partial charge in [0.2, 0.25) is 0 Å². The molecule has 0 radical (unpaired) electrons. The van der Waals surface area contributed by atoms with Crippen LogP contribution in [0, 0.1) is 5.82 Å². The predicted octanol–water partition coefficient (Wildman–Crippen LogP) is 6.07. The lowest BCUT2D eigenvalue weighted by molar-refractivity contribution is 0.627. The number of halogens is 4. The maximum absolute atomic E-state index is 13.2. The van der Waals surface area contributed by atoms with Crippen LogP contribution in [0.2, 0.25) is 10.0 Å².